The molecule has 1 aromatic heterocycles. The number of carbonyl (C=O) groups excluding carboxylic acids is 1. The van der Waals surface area contributed by atoms with E-state index >= 15 is 0 Å². The van der Waals surface area contributed by atoms with Gasteiger partial charge in [-0.15, -0.1) is 0 Å². The Morgan fingerprint density at radius 3 is 2.65 bits per heavy atom. The van der Waals surface area contributed by atoms with Gasteiger partial charge in [0.15, 0.2) is 5.69 Å². The summed E-state index contributed by atoms with van der Waals surface area (Å²) in [7, 11) is 0. The summed E-state index contributed by atoms with van der Waals surface area (Å²) in [5, 5.41) is 0. The van der Waals surface area contributed by atoms with Crippen LogP contribution in [-0.4, -0.2) is 17.6 Å². The van der Waals surface area contributed by atoms with Gasteiger partial charge in [-0.1, -0.05) is 25.5 Å². The maximum absolute atomic E-state index is 11.4. The van der Waals surface area contributed by atoms with Gasteiger partial charge in [-0.25, -0.2) is 4.79 Å². The maximum Gasteiger partial charge on any atom is 0.399 e. The summed E-state index contributed by atoms with van der Waals surface area (Å²) in [4.78, 5) is 15.3. The predicted octanol–water partition coefficient (Wildman–Crippen LogP) is 3.60. The minimum absolute atomic E-state index is 0.0243. The van der Waals surface area contributed by atoms with Gasteiger partial charge >= 0.3 is 12.0 Å². The standard InChI is InChI=1S/C15H17NO4/c1-3-5-11-6-8-12(9-7-11)20-15-16-13(10-19-15)14(17)18-4-2/h6-10H,3-5H2,1-2H3. The van der Waals surface area contributed by atoms with Crippen LogP contribution in [0.3, 0.4) is 0 Å². The molecular formula is C15H17NO4. The Kier molecular flexibility index (Phi) is 4.76. The van der Waals surface area contributed by atoms with E-state index in [1.165, 1.54) is 11.8 Å². The molecule has 106 valence electrons. The summed E-state index contributed by atoms with van der Waals surface area (Å²) in [6, 6.07) is 7.68. The summed E-state index contributed by atoms with van der Waals surface area (Å²) in [6.45, 7) is 4.15. The van der Waals surface area contributed by atoms with Crippen molar-refractivity contribution in [3.8, 4) is 11.8 Å². The van der Waals surface area contributed by atoms with Crippen molar-refractivity contribution in [1.29, 1.82) is 0 Å². The SMILES string of the molecule is CCCc1ccc(Oc2nc(C(=O)OCC)co2)cc1. The molecule has 0 amide bonds. The molecule has 0 fully saturated rings. The van der Waals surface area contributed by atoms with Gasteiger partial charge < -0.3 is 13.9 Å². The van der Waals surface area contributed by atoms with Gasteiger partial charge in [-0.3, -0.25) is 0 Å². The molecule has 0 bridgehead atoms. The van der Waals surface area contributed by atoms with Crippen molar-refractivity contribution in [2.24, 2.45) is 0 Å². The first-order valence-electron chi connectivity index (χ1n) is 6.62. The minimum atomic E-state index is -0.524. The maximum atomic E-state index is 11.4. The average molecular weight is 275 g/mol. The van der Waals surface area contributed by atoms with Gasteiger partial charge in [0.25, 0.3) is 0 Å². The van der Waals surface area contributed by atoms with Crippen molar-refractivity contribution < 1.29 is 18.7 Å². The van der Waals surface area contributed by atoms with Gasteiger partial charge in [0.05, 0.1) is 6.61 Å². The highest BCUT2D eigenvalue weighted by Crippen LogP contribution is 2.21. The molecule has 5 heteroatoms. The number of nitrogens with zero attached hydrogens (tertiary/aromatic N) is 1. The van der Waals surface area contributed by atoms with Crippen LogP contribution in [0.1, 0.15) is 36.3 Å². The number of hydrogen-bond acceptors (Lipinski definition) is 5. The van der Waals surface area contributed by atoms with E-state index in [4.69, 9.17) is 13.9 Å². The highest BCUT2D eigenvalue weighted by molar-refractivity contribution is 5.86. The fourth-order valence-electron chi connectivity index (χ4n) is 1.72. The lowest BCUT2D eigenvalue weighted by Gasteiger charge is -2.02. The Bertz CT molecular complexity index is 560. The van der Waals surface area contributed by atoms with Crippen molar-refractivity contribution in [3.63, 3.8) is 0 Å². The molecule has 2 rings (SSSR count). The molecule has 0 aliphatic rings. The number of aromatic nitrogens is 1. The Morgan fingerprint density at radius 1 is 1.25 bits per heavy atom. The van der Waals surface area contributed by atoms with Crippen LogP contribution in [0.25, 0.3) is 0 Å². The number of esters is 1. The topological polar surface area (TPSA) is 61.6 Å². The molecule has 0 radical (unpaired) electrons. The number of rotatable bonds is 6. The lowest BCUT2D eigenvalue weighted by atomic mass is 10.1. The van der Waals surface area contributed by atoms with Crippen molar-refractivity contribution in [2.45, 2.75) is 26.7 Å². The van der Waals surface area contributed by atoms with Crippen molar-refractivity contribution in [3.05, 3.63) is 41.8 Å². The zero-order chi connectivity index (χ0) is 14.4. The largest absolute Gasteiger partial charge is 0.461 e. The fourth-order valence-corrected chi connectivity index (χ4v) is 1.72. The Labute approximate surface area is 117 Å². The summed E-state index contributed by atoms with van der Waals surface area (Å²) < 4.78 is 15.3. The van der Waals surface area contributed by atoms with Gasteiger partial charge in [0, 0.05) is 0 Å². The van der Waals surface area contributed by atoms with Crippen LogP contribution in [0, 0.1) is 0 Å². The summed E-state index contributed by atoms with van der Waals surface area (Å²) in [6.07, 6.45) is 3.38. The molecular weight excluding hydrogens is 258 g/mol. The third kappa shape index (κ3) is 3.60. The number of hydrogen-bond donors (Lipinski definition) is 0. The molecule has 5 nitrogen and oxygen atoms in total. The van der Waals surface area contributed by atoms with Crippen LogP contribution in [0.4, 0.5) is 0 Å². The van der Waals surface area contributed by atoms with Gasteiger partial charge in [-0.2, -0.15) is 4.98 Å². The normalized spacial score (nSPS) is 10.3. The molecule has 0 unspecified atom stereocenters. The second-order valence-corrected chi connectivity index (χ2v) is 4.22. The van der Waals surface area contributed by atoms with Crippen molar-refractivity contribution in [2.75, 3.05) is 6.61 Å². The van der Waals surface area contributed by atoms with Gasteiger partial charge in [0.1, 0.15) is 12.0 Å². The van der Waals surface area contributed by atoms with E-state index in [2.05, 4.69) is 11.9 Å². The Balaban J connectivity index is 2.01. The van der Waals surface area contributed by atoms with Crippen molar-refractivity contribution in [1.82, 2.24) is 4.98 Å². The fraction of sp³-hybridized carbons (Fsp3) is 0.333. The van der Waals surface area contributed by atoms with Crippen LogP contribution in [0.5, 0.6) is 11.8 Å². The molecule has 20 heavy (non-hydrogen) atoms. The lowest BCUT2D eigenvalue weighted by molar-refractivity contribution is 0.0519. The zero-order valence-electron chi connectivity index (χ0n) is 11.6. The third-order valence-corrected chi connectivity index (χ3v) is 2.63. The van der Waals surface area contributed by atoms with Gasteiger partial charge in [0.2, 0.25) is 0 Å². The van der Waals surface area contributed by atoms with E-state index in [9.17, 15) is 4.79 Å². The second kappa shape index (κ2) is 6.75. The molecule has 0 atom stereocenters. The highest BCUT2D eigenvalue weighted by Gasteiger charge is 2.14. The van der Waals surface area contributed by atoms with E-state index in [1.54, 1.807) is 6.92 Å². The number of ether oxygens (including phenoxy) is 2. The molecule has 1 heterocycles. The lowest BCUT2D eigenvalue weighted by Crippen LogP contribution is -2.04. The van der Waals surface area contributed by atoms with Crippen LogP contribution in [0.15, 0.2) is 34.9 Å². The Hall–Kier alpha value is -2.30. The van der Waals surface area contributed by atoms with E-state index in [0.717, 1.165) is 12.8 Å². The van der Waals surface area contributed by atoms with Crippen LogP contribution in [0.2, 0.25) is 0 Å². The summed E-state index contributed by atoms with van der Waals surface area (Å²) in [5.74, 6) is 0.0894. The third-order valence-electron chi connectivity index (χ3n) is 2.63. The first-order chi connectivity index (χ1) is 9.72. The molecule has 2 aromatic rings. The number of aryl methyl sites for hydroxylation is 1. The minimum Gasteiger partial charge on any atom is -0.461 e. The van der Waals surface area contributed by atoms with Gasteiger partial charge in [-0.05, 0) is 31.0 Å². The zero-order valence-corrected chi connectivity index (χ0v) is 11.6. The van der Waals surface area contributed by atoms with Crippen LogP contribution < -0.4 is 4.74 Å². The van der Waals surface area contributed by atoms with Crippen molar-refractivity contribution >= 4 is 5.97 Å². The second-order valence-electron chi connectivity index (χ2n) is 4.22. The first kappa shape index (κ1) is 14.1. The Morgan fingerprint density at radius 2 is 2.00 bits per heavy atom. The smallest absolute Gasteiger partial charge is 0.399 e. The number of benzene rings is 1. The number of oxazole rings is 1. The van der Waals surface area contributed by atoms with E-state index in [0.29, 0.717) is 12.4 Å². The van der Waals surface area contributed by atoms with E-state index < -0.39 is 5.97 Å². The molecule has 0 aliphatic carbocycles. The quantitative estimate of drug-likeness (QED) is 0.754. The molecule has 0 N–H and O–H groups in total. The first-order valence-corrected chi connectivity index (χ1v) is 6.62. The summed E-state index contributed by atoms with van der Waals surface area (Å²) in [5.41, 5.74) is 1.35. The highest BCUT2D eigenvalue weighted by atomic mass is 16.6. The molecule has 0 saturated carbocycles. The van der Waals surface area contributed by atoms with Crippen LogP contribution >= 0.6 is 0 Å². The predicted molar refractivity (Wildman–Crippen MR) is 73.0 cm³/mol. The van der Waals surface area contributed by atoms with E-state index in [-0.39, 0.29) is 11.8 Å². The molecule has 0 aliphatic heterocycles. The average Bonchev–Trinajstić information content (AvgIpc) is 2.90. The van der Waals surface area contributed by atoms with Crippen LogP contribution in [-0.2, 0) is 11.2 Å². The molecule has 1 aromatic carbocycles. The molecule has 0 saturated heterocycles. The molecule has 0 spiro atoms. The summed E-state index contributed by atoms with van der Waals surface area (Å²) >= 11 is 0. The monoisotopic (exact) mass is 275 g/mol. The number of carbonyl (C=O) groups is 1. The van der Waals surface area contributed by atoms with E-state index in [1.807, 2.05) is 24.3 Å².